The Labute approximate surface area is 160 Å². The Morgan fingerprint density at radius 3 is 2.08 bits per heavy atom. The number of hydrogen-bond acceptors (Lipinski definition) is 5. The van der Waals surface area contributed by atoms with Gasteiger partial charge in [0, 0.05) is 26.1 Å². The van der Waals surface area contributed by atoms with Crippen molar-refractivity contribution in [1.29, 1.82) is 0 Å². The fraction of sp³-hybridized carbons (Fsp3) is 0.950. The van der Waals surface area contributed by atoms with Gasteiger partial charge < -0.3 is 24.8 Å². The molecule has 0 aromatic carbocycles. The largest absolute Gasteiger partial charge is 0.379 e. The van der Waals surface area contributed by atoms with Crippen molar-refractivity contribution in [2.24, 2.45) is 0 Å². The summed E-state index contributed by atoms with van der Waals surface area (Å²) >= 11 is 0. The highest BCUT2D eigenvalue weighted by atomic mass is 16.5. The number of hydrogen-bond donors (Lipinski definition) is 2. The summed E-state index contributed by atoms with van der Waals surface area (Å²) in [5.41, 5.74) is 0. The summed E-state index contributed by atoms with van der Waals surface area (Å²) in [5.74, 6) is 0.126. The van der Waals surface area contributed by atoms with Crippen LogP contribution in [0.15, 0.2) is 0 Å². The van der Waals surface area contributed by atoms with E-state index in [1.54, 1.807) is 0 Å². The highest BCUT2D eigenvalue weighted by molar-refractivity contribution is 5.75. The minimum atomic E-state index is 0.126. The predicted octanol–water partition coefficient (Wildman–Crippen LogP) is 2.90. The third-order valence-corrected chi connectivity index (χ3v) is 3.86. The average molecular weight is 375 g/mol. The molecule has 0 aromatic rings. The van der Waals surface area contributed by atoms with Crippen LogP contribution in [0.5, 0.6) is 0 Å². The number of unbranched alkanes of at least 4 members (excludes halogenated alkanes) is 5. The average Bonchev–Trinajstić information content (AvgIpc) is 2.61. The Bertz CT molecular complexity index is 302. The smallest absolute Gasteiger partial charge is 0.220 e. The van der Waals surface area contributed by atoms with Gasteiger partial charge in [-0.1, -0.05) is 32.6 Å². The number of carbonyl (C=O) groups excluding carboxylic acids is 1. The Morgan fingerprint density at radius 2 is 1.42 bits per heavy atom. The second-order valence-electron chi connectivity index (χ2n) is 6.72. The van der Waals surface area contributed by atoms with Crippen molar-refractivity contribution in [1.82, 2.24) is 10.6 Å². The van der Waals surface area contributed by atoms with E-state index >= 15 is 0 Å². The van der Waals surface area contributed by atoms with Crippen molar-refractivity contribution >= 4 is 5.91 Å². The van der Waals surface area contributed by atoms with E-state index in [1.807, 2.05) is 0 Å². The zero-order valence-electron chi connectivity index (χ0n) is 17.3. The number of nitrogens with one attached hydrogen (secondary N) is 2. The van der Waals surface area contributed by atoms with Crippen molar-refractivity contribution in [3.8, 4) is 0 Å². The van der Waals surface area contributed by atoms with Crippen LogP contribution in [0.2, 0.25) is 0 Å². The van der Waals surface area contributed by atoms with Gasteiger partial charge in [0.05, 0.1) is 32.5 Å². The van der Waals surface area contributed by atoms with Crippen molar-refractivity contribution < 1.29 is 19.0 Å². The molecule has 156 valence electrons. The maximum atomic E-state index is 11.7. The van der Waals surface area contributed by atoms with Gasteiger partial charge in [-0.15, -0.1) is 0 Å². The lowest BCUT2D eigenvalue weighted by Crippen LogP contribution is -2.27. The molecule has 2 N–H and O–H groups in total. The Morgan fingerprint density at radius 1 is 0.808 bits per heavy atom. The van der Waals surface area contributed by atoms with Gasteiger partial charge in [0.25, 0.3) is 0 Å². The first-order valence-electron chi connectivity index (χ1n) is 10.4. The molecule has 0 aliphatic rings. The van der Waals surface area contributed by atoms with Gasteiger partial charge in [-0.05, 0) is 33.2 Å². The SMILES string of the molecule is CCNCCOCCOCCNC(=O)CCCCCCCCOC(C)C. The van der Waals surface area contributed by atoms with Crippen LogP contribution in [-0.4, -0.2) is 64.7 Å². The molecule has 0 aromatic heterocycles. The first-order chi connectivity index (χ1) is 12.7. The van der Waals surface area contributed by atoms with Crippen LogP contribution in [0, 0.1) is 0 Å². The topological polar surface area (TPSA) is 68.8 Å². The minimum absolute atomic E-state index is 0.126. The summed E-state index contributed by atoms with van der Waals surface area (Å²) in [6.07, 6.45) is 7.83. The van der Waals surface area contributed by atoms with Gasteiger partial charge in [-0.2, -0.15) is 0 Å². The molecular formula is C20H42N2O4. The van der Waals surface area contributed by atoms with Crippen LogP contribution >= 0.6 is 0 Å². The zero-order chi connectivity index (χ0) is 19.3. The molecule has 0 fully saturated rings. The maximum Gasteiger partial charge on any atom is 0.220 e. The number of rotatable bonds is 20. The minimum Gasteiger partial charge on any atom is -0.379 e. The molecule has 0 aliphatic heterocycles. The number of carbonyl (C=O) groups is 1. The van der Waals surface area contributed by atoms with Crippen LogP contribution < -0.4 is 10.6 Å². The molecule has 0 atom stereocenters. The summed E-state index contributed by atoms with van der Waals surface area (Å²) in [7, 11) is 0. The maximum absolute atomic E-state index is 11.7. The summed E-state index contributed by atoms with van der Waals surface area (Å²) in [4.78, 5) is 11.7. The van der Waals surface area contributed by atoms with Crippen molar-refractivity contribution in [3.05, 3.63) is 0 Å². The third kappa shape index (κ3) is 21.4. The summed E-state index contributed by atoms with van der Waals surface area (Å²) in [6, 6.07) is 0. The van der Waals surface area contributed by atoms with Crippen LogP contribution in [0.3, 0.4) is 0 Å². The summed E-state index contributed by atoms with van der Waals surface area (Å²) in [6.45, 7) is 11.9. The molecular weight excluding hydrogens is 332 g/mol. The summed E-state index contributed by atoms with van der Waals surface area (Å²) in [5, 5.41) is 6.09. The number of amides is 1. The normalized spacial score (nSPS) is 11.2. The van der Waals surface area contributed by atoms with Gasteiger partial charge in [-0.25, -0.2) is 0 Å². The van der Waals surface area contributed by atoms with E-state index in [4.69, 9.17) is 14.2 Å². The molecule has 0 heterocycles. The molecule has 26 heavy (non-hydrogen) atoms. The zero-order valence-corrected chi connectivity index (χ0v) is 17.3. The molecule has 6 heteroatoms. The molecule has 0 rings (SSSR count). The lowest BCUT2D eigenvalue weighted by atomic mass is 10.1. The van der Waals surface area contributed by atoms with Gasteiger partial charge >= 0.3 is 0 Å². The van der Waals surface area contributed by atoms with Gasteiger partial charge in [0.2, 0.25) is 5.91 Å². The van der Waals surface area contributed by atoms with Crippen molar-refractivity contribution in [2.45, 2.75) is 71.8 Å². The van der Waals surface area contributed by atoms with E-state index in [0.717, 1.165) is 39.0 Å². The molecule has 0 aliphatic carbocycles. The van der Waals surface area contributed by atoms with E-state index in [9.17, 15) is 4.79 Å². The highest BCUT2D eigenvalue weighted by Crippen LogP contribution is 2.07. The Balaban J connectivity index is 3.16. The van der Waals surface area contributed by atoms with E-state index in [2.05, 4.69) is 31.4 Å². The van der Waals surface area contributed by atoms with Crippen molar-refractivity contribution in [2.75, 3.05) is 52.7 Å². The highest BCUT2D eigenvalue weighted by Gasteiger charge is 2.01. The molecule has 1 amide bonds. The van der Waals surface area contributed by atoms with Crippen LogP contribution in [0.25, 0.3) is 0 Å². The summed E-state index contributed by atoms with van der Waals surface area (Å²) < 4.78 is 16.3. The third-order valence-electron chi connectivity index (χ3n) is 3.86. The van der Waals surface area contributed by atoms with Crippen LogP contribution in [-0.2, 0) is 19.0 Å². The standard InChI is InChI=1S/C20H42N2O4/c1-4-21-12-15-24-17-18-25-16-13-22-20(23)11-9-7-5-6-8-10-14-26-19(2)3/h19,21H,4-18H2,1-3H3,(H,22,23). The van der Waals surface area contributed by atoms with E-state index in [0.29, 0.717) is 45.5 Å². The quantitative estimate of drug-likeness (QED) is 0.321. The van der Waals surface area contributed by atoms with E-state index in [-0.39, 0.29) is 5.91 Å². The molecule has 6 nitrogen and oxygen atoms in total. The lowest BCUT2D eigenvalue weighted by Gasteiger charge is -2.08. The predicted molar refractivity (Wildman–Crippen MR) is 107 cm³/mol. The number of likely N-dealkylation sites (N-methyl/N-ethyl adjacent to an activating group) is 1. The fourth-order valence-corrected chi connectivity index (χ4v) is 2.41. The van der Waals surface area contributed by atoms with Gasteiger partial charge in [0.1, 0.15) is 0 Å². The van der Waals surface area contributed by atoms with E-state index in [1.165, 1.54) is 19.3 Å². The van der Waals surface area contributed by atoms with Gasteiger partial charge in [0.15, 0.2) is 0 Å². The molecule has 0 bridgehead atoms. The van der Waals surface area contributed by atoms with Crippen LogP contribution in [0.1, 0.15) is 65.7 Å². The monoisotopic (exact) mass is 374 g/mol. The van der Waals surface area contributed by atoms with Gasteiger partial charge in [-0.3, -0.25) is 4.79 Å². The van der Waals surface area contributed by atoms with Crippen LogP contribution in [0.4, 0.5) is 0 Å². The number of ether oxygens (including phenoxy) is 3. The first kappa shape index (κ1) is 25.3. The second kappa shape index (κ2) is 20.6. The molecule has 0 radical (unpaired) electrons. The Kier molecular flexibility index (Phi) is 20.1. The van der Waals surface area contributed by atoms with Crippen molar-refractivity contribution in [3.63, 3.8) is 0 Å². The lowest BCUT2D eigenvalue weighted by molar-refractivity contribution is -0.121. The molecule has 0 saturated carbocycles. The Hall–Kier alpha value is -0.690. The molecule has 0 unspecified atom stereocenters. The molecule has 0 saturated heterocycles. The van der Waals surface area contributed by atoms with E-state index < -0.39 is 0 Å². The molecule has 0 spiro atoms. The fourth-order valence-electron chi connectivity index (χ4n) is 2.41. The first-order valence-corrected chi connectivity index (χ1v) is 10.4. The second-order valence-corrected chi connectivity index (χ2v) is 6.72.